The second kappa shape index (κ2) is 5.68. The number of amides is 1. The monoisotopic (exact) mass is 307 g/mol. The van der Waals surface area contributed by atoms with Crippen LogP contribution in [-0.4, -0.2) is 21.7 Å². The van der Waals surface area contributed by atoms with E-state index in [1.54, 1.807) is 12.1 Å². The Kier molecular flexibility index (Phi) is 3.70. The molecular formula is C18H17N3O2. The van der Waals surface area contributed by atoms with Gasteiger partial charge < -0.3 is 10.3 Å². The van der Waals surface area contributed by atoms with E-state index < -0.39 is 0 Å². The number of rotatable bonds is 3. The first-order chi connectivity index (χ1) is 10.9. The molecule has 0 spiro atoms. The fourth-order valence-corrected chi connectivity index (χ4v) is 2.57. The standard InChI is InChI=1S/C18H17N3O2/c1-10-4-11(2)6-14(5-10)20-18(23)13-7-17-16(19-9-13)8-15(21-17)12(3)22/h4-9,21H,1-3H3,(H,20,23). The minimum absolute atomic E-state index is 0.0655. The Morgan fingerprint density at radius 2 is 1.74 bits per heavy atom. The summed E-state index contributed by atoms with van der Waals surface area (Å²) in [6.45, 7) is 5.45. The number of carbonyl (C=O) groups is 2. The summed E-state index contributed by atoms with van der Waals surface area (Å²) in [5.41, 5.74) is 5.19. The summed E-state index contributed by atoms with van der Waals surface area (Å²) in [6, 6.07) is 9.26. The van der Waals surface area contributed by atoms with E-state index in [2.05, 4.69) is 15.3 Å². The van der Waals surface area contributed by atoms with Crippen molar-refractivity contribution in [2.75, 3.05) is 5.32 Å². The molecule has 0 atom stereocenters. The number of nitrogens with zero attached hydrogens (tertiary/aromatic N) is 1. The fourth-order valence-electron chi connectivity index (χ4n) is 2.57. The lowest BCUT2D eigenvalue weighted by Crippen LogP contribution is -2.12. The SMILES string of the molecule is CC(=O)c1cc2ncc(C(=O)Nc3cc(C)cc(C)c3)cc2[nH]1. The van der Waals surface area contributed by atoms with Crippen molar-refractivity contribution in [2.24, 2.45) is 0 Å². The van der Waals surface area contributed by atoms with Gasteiger partial charge in [0, 0.05) is 18.8 Å². The van der Waals surface area contributed by atoms with Gasteiger partial charge in [0.2, 0.25) is 0 Å². The average molecular weight is 307 g/mol. The van der Waals surface area contributed by atoms with Gasteiger partial charge >= 0.3 is 0 Å². The minimum Gasteiger partial charge on any atom is -0.351 e. The van der Waals surface area contributed by atoms with Gasteiger partial charge in [0.15, 0.2) is 5.78 Å². The molecule has 3 aromatic rings. The Bertz CT molecular complexity index is 905. The van der Waals surface area contributed by atoms with Gasteiger partial charge in [-0.3, -0.25) is 14.6 Å². The molecule has 116 valence electrons. The first kappa shape index (κ1) is 15.0. The zero-order chi connectivity index (χ0) is 16.6. The van der Waals surface area contributed by atoms with Crippen molar-refractivity contribution in [3.8, 4) is 0 Å². The number of pyridine rings is 1. The summed E-state index contributed by atoms with van der Waals surface area (Å²) >= 11 is 0. The van der Waals surface area contributed by atoms with E-state index >= 15 is 0 Å². The average Bonchev–Trinajstić information content (AvgIpc) is 2.89. The Labute approximate surface area is 133 Å². The van der Waals surface area contributed by atoms with E-state index in [0.717, 1.165) is 16.8 Å². The highest BCUT2D eigenvalue weighted by Gasteiger charge is 2.11. The lowest BCUT2D eigenvalue weighted by atomic mass is 10.1. The summed E-state index contributed by atoms with van der Waals surface area (Å²) in [6.07, 6.45) is 1.51. The first-order valence-corrected chi connectivity index (χ1v) is 7.32. The highest BCUT2D eigenvalue weighted by Crippen LogP contribution is 2.18. The smallest absolute Gasteiger partial charge is 0.257 e. The number of aromatic amines is 1. The van der Waals surface area contributed by atoms with Gasteiger partial charge in [0.25, 0.3) is 5.91 Å². The summed E-state index contributed by atoms with van der Waals surface area (Å²) in [5, 5.41) is 2.87. The van der Waals surface area contributed by atoms with Crippen molar-refractivity contribution >= 4 is 28.4 Å². The Hall–Kier alpha value is -2.95. The third-order valence-corrected chi connectivity index (χ3v) is 3.59. The van der Waals surface area contributed by atoms with Gasteiger partial charge in [-0.15, -0.1) is 0 Å². The predicted molar refractivity (Wildman–Crippen MR) is 90.0 cm³/mol. The summed E-state index contributed by atoms with van der Waals surface area (Å²) in [4.78, 5) is 31.0. The quantitative estimate of drug-likeness (QED) is 0.725. The van der Waals surface area contributed by atoms with Crippen LogP contribution < -0.4 is 5.32 Å². The molecule has 0 radical (unpaired) electrons. The van der Waals surface area contributed by atoms with Crippen LogP contribution in [0.2, 0.25) is 0 Å². The normalized spacial score (nSPS) is 10.7. The van der Waals surface area contributed by atoms with Gasteiger partial charge in [-0.05, 0) is 49.2 Å². The van der Waals surface area contributed by atoms with Crippen molar-refractivity contribution in [1.82, 2.24) is 9.97 Å². The molecule has 0 saturated carbocycles. The number of benzene rings is 1. The van der Waals surface area contributed by atoms with Crippen LogP contribution in [0.1, 0.15) is 38.9 Å². The molecule has 0 fully saturated rings. The molecule has 2 N–H and O–H groups in total. The number of Topliss-reactive ketones (excluding diaryl/α,β-unsaturated/α-hetero) is 1. The second-order valence-corrected chi connectivity index (χ2v) is 5.73. The fraction of sp³-hybridized carbons (Fsp3) is 0.167. The van der Waals surface area contributed by atoms with Crippen LogP contribution in [0.5, 0.6) is 0 Å². The van der Waals surface area contributed by atoms with E-state index in [1.807, 2.05) is 32.0 Å². The number of hydrogen-bond acceptors (Lipinski definition) is 3. The van der Waals surface area contributed by atoms with E-state index in [0.29, 0.717) is 22.3 Å². The first-order valence-electron chi connectivity index (χ1n) is 7.32. The number of H-pyrrole nitrogens is 1. The Morgan fingerprint density at radius 1 is 1.04 bits per heavy atom. The van der Waals surface area contributed by atoms with Gasteiger partial charge in [0.05, 0.1) is 22.3 Å². The molecule has 1 amide bonds. The van der Waals surface area contributed by atoms with Crippen LogP contribution in [-0.2, 0) is 0 Å². The summed E-state index contributed by atoms with van der Waals surface area (Å²) < 4.78 is 0. The van der Waals surface area contributed by atoms with Gasteiger partial charge in [-0.1, -0.05) is 6.07 Å². The van der Waals surface area contributed by atoms with Crippen LogP contribution in [0.3, 0.4) is 0 Å². The van der Waals surface area contributed by atoms with E-state index in [-0.39, 0.29) is 11.7 Å². The molecule has 0 aliphatic rings. The number of aryl methyl sites for hydroxylation is 2. The number of anilines is 1. The maximum Gasteiger partial charge on any atom is 0.257 e. The largest absolute Gasteiger partial charge is 0.351 e. The van der Waals surface area contributed by atoms with Gasteiger partial charge in [0.1, 0.15) is 0 Å². The molecule has 5 nitrogen and oxygen atoms in total. The third-order valence-electron chi connectivity index (χ3n) is 3.59. The van der Waals surface area contributed by atoms with E-state index in [1.165, 1.54) is 13.1 Å². The van der Waals surface area contributed by atoms with Crippen molar-refractivity contribution in [1.29, 1.82) is 0 Å². The Balaban J connectivity index is 1.89. The number of hydrogen-bond donors (Lipinski definition) is 2. The molecule has 1 aromatic carbocycles. The van der Waals surface area contributed by atoms with Crippen LogP contribution in [0.15, 0.2) is 36.5 Å². The molecule has 2 aromatic heterocycles. The highest BCUT2D eigenvalue weighted by molar-refractivity contribution is 6.06. The number of fused-ring (bicyclic) bond motifs is 1. The van der Waals surface area contributed by atoms with Crippen LogP contribution in [0, 0.1) is 13.8 Å². The van der Waals surface area contributed by atoms with Crippen molar-refractivity contribution in [2.45, 2.75) is 20.8 Å². The molecule has 23 heavy (non-hydrogen) atoms. The van der Waals surface area contributed by atoms with Gasteiger partial charge in [-0.25, -0.2) is 0 Å². The molecule has 0 saturated heterocycles. The highest BCUT2D eigenvalue weighted by atomic mass is 16.1. The summed E-state index contributed by atoms with van der Waals surface area (Å²) in [7, 11) is 0. The minimum atomic E-state index is -0.233. The molecule has 0 aliphatic carbocycles. The maximum absolute atomic E-state index is 12.4. The van der Waals surface area contributed by atoms with Crippen molar-refractivity contribution < 1.29 is 9.59 Å². The topological polar surface area (TPSA) is 74.8 Å². The zero-order valence-electron chi connectivity index (χ0n) is 13.2. The maximum atomic E-state index is 12.4. The lowest BCUT2D eigenvalue weighted by molar-refractivity contribution is 0.101. The van der Waals surface area contributed by atoms with E-state index in [4.69, 9.17) is 0 Å². The van der Waals surface area contributed by atoms with Gasteiger partial charge in [-0.2, -0.15) is 0 Å². The third kappa shape index (κ3) is 3.13. The summed E-state index contributed by atoms with van der Waals surface area (Å²) in [5.74, 6) is -0.299. The molecular weight excluding hydrogens is 290 g/mol. The molecule has 5 heteroatoms. The molecule has 0 unspecified atom stereocenters. The van der Waals surface area contributed by atoms with E-state index in [9.17, 15) is 9.59 Å². The molecule has 3 rings (SSSR count). The zero-order valence-corrected chi connectivity index (χ0v) is 13.2. The molecule has 2 heterocycles. The number of aromatic nitrogens is 2. The van der Waals surface area contributed by atoms with Crippen LogP contribution in [0.4, 0.5) is 5.69 Å². The van der Waals surface area contributed by atoms with Crippen LogP contribution >= 0.6 is 0 Å². The Morgan fingerprint density at radius 3 is 2.39 bits per heavy atom. The number of nitrogens with one attached hydrogen (secondary N) is 2. The second-order valence-electron chi connectivity index (χ2n) is 5.73. The molecule has 0 bridgehead atoms. The number of carbonyl (C=O) groups excluding carboxylic acids is 2. The van der Waals surface area contributed by atoms with Crippen LogP contribution in [0.25, 0.3) is 11.0 Å². The van der Waals surface area contributed by atoms with Crippen molar-refractivity contribution in [3.63, 3.8) is 0 Å². The molecule has 0 aliphatic heterocycles. The lowest BCUT2D eigenvalue weighted by Gasteiger charge is -2.07. The number of ketones is 1. The van der Waals surface area contributed by atoms with Crippen molar-refractivity contribution in [3.05, 3.63) is 58.9 Å². The predicted octanol–water partition coefficient (Wildman–Crippen LogP) is 3.63.